The van der Waals surface area contributed by atoms with Crippen LogP contribution in [0.25, 0.3) is 16.9 Å². The molecule has 6 heteroatoms. The fraction of sp³-hybridized carbons (Fsp3) is 0.192. The number of imidazole rings is 1. The smallest absolute Gasteiger partial charge is 0.180 e. The van der Waals surface area contributed by atoms with Gasteiger partial charge in [0.1, 0.15) is 5.60 Å². The average Bonchev–Trinajstić information content (AvgIpc) is 3.25. The van der Waals surface area contributed by atoms with E-state index in [1.165, 1.54) is 0 Å². The first-order valence-electron chi connectivity index (χ1n) is 10.3. The summed E-state index contributed by atoms with van der Waals surface area (Å²) in [6, 6.07) is 13.9. The van der Waals surface area contributed by atoms with Gasteiger partial charge in [-0.1, -0.05) is 42.5 Å². The Labute approximate surface area is 190 Å². The zero-order valence-corrected chi connectivity index (χ0v) is 19.0. The number of hydrogen-bond donors (Lipinski definition) is 2. The van der Waals surface area contributed by atoms with E-state index < -0.39 is 5.60 Å². The van der Waals surface area contributed by atoms with Gasteiger partial charge in [0.05, 0.1) is 17.6 Å². The van der Waals surface area contributed by atoms with Gasteiger partial charge in [0.25, 0.3) is 0 Å². The Hall–Kier alpha value is -3.77. The van der Waals surface area contributed by atoms with Crippen LogP contribution in [0, 0.1) is 0 Å². The summed E-state index contributed by atoms with van der Waals surface area (Å²) in [5.74, 6) is 0.663. The van der Waals surface area contributed by atoms with Crippen molar-refractivity contribution in [3.63, 3.8) is 0 Å². The molecule has 1 aromatic carbocycles. The van der Waals surface area contributed by atoms with Gasteiger partial charge in [0.2, 0.25) is 0 Å². The molecule has 0 bridgehead atoms. The van der Waals surface area contributed by atoms with Crippen LogP contribution in [0.1, 0.15) is 32.0 Å². The van der Waals surface area contributed by atoms with E-state index in [2.05, 4.69) is 35.0 Å². The number of nitrogens with zero attached hydrogens (tertiary/aromatic N) is 4. The highest BCUT2D eigenvalue weighted by molar-refractivity contribution is 5.70. The Balaban J connectivity index is 0.000000671. The zero-order valence-electron chi connectivity index (χ0n) is 19.0. The SMILES string of the molecule is C=C.C=CC.CC(C)(O)c1cnc2c(NCc3cccnc3)nc(-c3ccccc3)cn12. The number of benzene rings is 1. The Morgan fingerprint density at radius 3 is 2.38 bits per heavy atom. The van der Waals surface area contributed by atoms with Crippen molar-refractivity contribution >= 4 is 11.5 Å². The molecule has 3 aromatic heterocycles. The van der Waals surface area contributed by atoms with Crippen LogP contribution in [0.3, 0.4) is 0 Å². The molecule has 0 saturated heterocycles. The number of fused-ring (bicyclic) bond motifs is 1. The molecule has 32 heavy (non-hydrogen) atoms. The van der Waals surface area contributed by atoms with Crippen LogP contribution in [0.4, 0.5) is 5.82 Å². The highest BCUT2D eigenvalue weighted by atomic mass is 16.3. The number of aromatic nitrogens is 4. The van der Waals surface area contributed by atoms with Gasteiger partial charge in [-0.3, -0.25) is 9.38 Å². The number of anilines is 1. The second kappa shape index (κ2) is 11.6. The maximum atomic E-state index is 10.5. The zero-order chi connectivity index (χ0) is 23.6. The molecule has 2 N–H and O–H groups in total. The second-order valence-corrected chi connectivity index (χ2v) is 7.36. The van der Waals surface area contributed by atoms with Gasteiger partial charge in [-0.05, 0) is 32.4 Å². The minimum Gasteiger partial charge on any atom is -0.384 e. The molecule has 0 radical (unpaired) electrons. The minimum absolute atomic E-state index is 0.583. The van der Waals surface area contributed by atoms with Crippen LogP contribution in [-0.4, -0.2) is 24.5 Å². The number of hydrogen-bond acceptors (Lipinski definition) is 5. The summed E-state index contributed by atoms with van der Waals surface area (Å²) in [5.41, 5.74) is 3.23. The third-order valence-corrected chi connectivity index (χ3v) is 4.37. The van der Waals surface area contributed by atoms with Crippen molar-refractivity contribution in [3.05, 3.63) is 104 Å². The molecular weight excluding hydrogens is 398 g/mol. The number of nitrogens with one attached hydrogen (secondary N) is 1. The average molecular weight is 430 g/mol. The van der Waals surface area contributed by atoms with Crippen LogP contribution < -0.4 is 5.32 Å². The van der Waals surface area contributed by atoms with E-state index in [1.807, 2.05) is 66.2 Å². The molecule has 0 saturated carbocycles. The molecule has 6 nitrogen and oxygen atoms in total. The molecule has 0 aliphatic carbocycles. The Bertz CT molecular complexity index is 1120. The van der Waals surface area contributed by atoms with Crippen molar-refractivity contribution in [1.82, 2.24) is 19.4 Å². The van der Waals surface area contributed by atoms with Crippen LogP contribution in [0.5, 0.6) is 0 Å². The number of pyridine rings is 1. The summed E-state index contributed by atoms with van der Waals surface area (Å²) in [6.45, 7) is 15.3. The number of allylic oxidation sites excluding steroid dienone is 1. The fourth-order valence-electron chi connectivity index (χ4n) is 3.00. The van der Waals surface area contributed by atoms with Crippen molar-refractivity contribution in [3.8, 4) is 11.3 Å². The maximum Gasteiger partial charge on any atom is 0.180 e. The largest absolute Gasteiger partial charge is 0.384 e. The van der Waals surface area contributed by atoms with E-state index in [4.69, 9.17) is 4.98 Å². The summed E-state index contributed by atoms with van der Waals surface area (Å²) in [7, 11) is 0. The molecule has 4 rings (SSSR count). The van der Waals surface area contributed by atoms with Crippen molar-refractivity contribution in [2.45, 2.75) is 32.9 Å². The first kappa shape index (κ1) is 24.5. The standard InChI is InChI=1S/C21H21N5O.C3H6.C2H4/c1-21(2,27)18-13-24-20-19(23-12-15-7-6-10-22-11-15)25-17(14-26(18)20)16-8-4-3-5-9-16;1-3-2;1-2/h3-11,13-14,27H,12H2,1-2H3,(H,23,25);3H,1H2,2H3;1-2H2. The van der Waals surface area contributed by atoms with Crippen molar-refractivity contribution < 1.29 is 5.11 Å². The summed E-state index contributed by atoms with van der Waals surface area (Å²) < 4.78 is 1.90. The third-order valence-electron chi connectivity index (χ3n) is 4.37. The first-order valence-corrected chi connectivity index (χ1v) is 10.3. The predicted molar refractivity (Wildman–Crippen MR) is 132 cm³/mol. The quantitative estimate of drug-likeness (QED) is 0.402. The first-order chi connectivity index (χ1) is 15.4. The highest BCUT2D eigenvalue weighted by Crippen LogP contribution is 2.27. The van der Waals surface area contributed by atoms with Crippen molar-refractivity contribution in [2.75, 3.05) is 5.32 Å². The van der Waals surface area contributed by atoms with E-state index in [-0.39, 0.29) is 0 Å². The molecular formula is C26H31N5O. The molecule has 4 aromatic rings. The third kappa shape index (κ3) is 6.12. The second-order valence-electron chi connectivity index (χ2n) is 7.36. The lowest BCUT2D eigenvalue weighted by molar-refractivity contribution is 0.0730. The Morgan fingerprint density at radius 2 is 1.78 bits per heavy atom. The van der Waals surface area contributed by atoms with Gasteiger partial charge in [0, 0.05) is 30.7 Å². The van der Waals surface area contributed by atoms with E-state index in [1.54, 1.807) is 32.3 Å². The summed E-state index contributed by atoms with van der Waals surface area (Å²) >= 11 is 0. The van der Waals surface area contributed by atoms with E-state index in [0.717, 1.165) is 16.8 Å². The lowest BCUT2D eigenvalue weighted by Crippen LogP contribution is -2.18. The molecule has 3 heterocycles. The van der Waals surface area contributed by atoms with Crippen LogP contribution in [0.15, 0.2) is 93.1 Å². The predicted octanol–water partition coefficient (Wildman–Crippen LogP) is 5.63. The van der Waals surface area contributed by atoms with Gasteiger partial charge >= 0.3 is 0 Å². The lowest BCUT2D eigenvalue weighted by Gasteiger charge is -2.18. The normalized spacial score (nSPS) is 10.4. The van der Waals surface area contributed by atoms with Crippen molar-refractivity contribution in [1.29, 1.82) is 0 Å². The van der Waals surface area contributed by atoms with Crippen molar-refractivity contribution in [2.24, 2.45) is 0 Å². The van der Waals surface area contributed by atoms with E-state index in [0.29, 0.717) is 23.7 Å². The molecule has 0 atom stereocenters. The fourth-order valence-corrected chi connectivity index (χ4v) is 3.00. The maximum absolute atomic E-state index is 10.5. The van der Waals surface area contributed by atoms with Crippen LogP contribution in [0.2, 0.25) is 0 Å². The summed E-state index contributed by atoms with van der Waals surface area (Å²) in [5, 5.41) is 13.9. The van der Waals surface area contributed by atoms with E-state index in [9.17, 15) is 5.11 Å². The van der Waals surface area contributed by atoms with E-state index >= 15 is 0 Å². The monoisotopic (exact) mass is 429 g/mol. The van der Waals surface area contributed by atoms with Gasteiger partial charge < -0.3 is 10.4 Å². The van der Waals surface area contributed by atoms with Gasteiger partial charge in [0.15, 0.2) is 11.5 Å². The molecule has 0 aliphatic heterocycles. The Morgan fingerprint density at radius 1 is 1.09 bits per heavy atom. The molecule has 0 fully saturated rings. The molecule has 166 valence electrons. The molecule has 0 unspecified atom stereocenters. The van der Waals surface area contributed by atoms with Gasteiger partial charge in [-0.2, -0.15) is 0 Å². The molecule has 0 spiro atoms. The summed E-state index contributed by atoms with van der Waals surface area (Å²) in [6.07, 6.45) is 8.93. The number of rotatable bonds is 5. The minimum atomic E-state index is -1.02. The van der Waals surface area contributed by atoms with Crippen LogP contribution >= 0.6 is 0 Å². The molecule has 0 amide bonds. The lowest BCUT2D eigenvalue weighted by atomic mass is 10.1. The molecule has 0 aliphatic rings. The Kier molecular flexibility index (Phi) is 8.86. The topological polar surface area (TPSA) is 75.3 Å². The highest BCUT2D eigenvalue weighted by Gasteiger charge is 2.23. The van der Waals surface area contributed by atoms with Gasteiger partial charge in [-0.15, -0.1) is 19.7 Å². The van der Waals surface area contributed by atoms with Gasteiger partial charge in [-0.25, -0.2) is 9.97 Å². The van der Waals surface area contributed by atoms with Crippen LogP contribution in [-0.2, 0) is 12.1 Å². The summed E-state index contributed by atoms with van der Waals surface area (Å²) in [4.78, 5) is 13.4. The number of aliphatic hydroxyl groups is 1.